The summed E-state index contributed by atoms with van der Waals surface area (Å²) >= 11 is 0. The number of hydrogen-bond donors (Lipinski definition) is 3. The van der Waals surface area contributed by atoms with Crippen LogP contribution in [0.15, 0.2) is 59.0 Å². The van der Waals surface area contributed by atoms with Crippen LogP contribution in [0.5, 0.6) is 11.5 Å². The van der Waals surface area contributed by atoms with Gasteiger partial charge < -0.3 is 29.8 Å². The van der Waals surface area contributed by atoms with E-state index in [1.54, 1.807) is 54.6 Å². The molecule has 0 unspecified atom stereocenters. The summed E-state index contributed by atoms with van der Waals surface area (Å²) in [5.74, 6) is -1.48. The number of benzene rings is 3. The maximum atomic E-state index is 15.2. The Bertz CT molecular complexity index is 1440. The lowest BCUT2D eigenvalue weighted by Crippen LogP contribution is -2.05. The molecule has 3 aromatic carbocycles. The highest BCUT2D eigenvalue weighted by Crippen LogP contribution is 2.36. The normalized spacial score (nSPS) is 11.0. The Morgan fingerprint density at radius 2 is 1.75 bits per heavy atom. The van der Waals surface area contributed by atoms with Gasteiger partial charge >= 0.3 is 11.9 Å². The number of rotatable bonds is 10. The molecule has 4 aromatic rings. The van der Waals surface area contributed by atoms with Gasteiger partial charge in [-0.3, -0.25) is 9.59 Å². The lowest BCUT2D eigenvalue weighted by molar-refractivity contribution is -0.137. The fourth-order valence-corrected chi connectivity index (χ4v) is 4.00. The number of methoxy groups -OCH3 is 1. The van der Waals surface area contributed by atoms with Crippen LogP contribution in [0.25, 0.3) is 22.1 Å². The lowest BCUT2D eigenvalue weighted by Gasteiger charge is -2.14. The van der Waals surface area contributed by atoms with E-state index < -0.39 is 17.8 Å². The molecule has 4 rings (SSSR count). The molecule has 0 aliphatic rings. The number of carbonyl (C=O) groups is 2. The van der Waals surface area contributed by atoms with E-state index in [4.69, 9.17) is 19.6 Å². The molecular weight excluding hydrogens is 469 g/mol. The fraction of sp³-hybridized carbons (Fsp3) is 0.185. The number of carboxylic acid groups (broad SMARTS) is 2. The molecule has 0 amide bonds. The maximum absolute atomic E-state index is 15.2. The molecule has 186 valence electrons. The van der Waals surface area contributed by atoms with Gasteiger partial charge in [0.2, 0.25) is 0 Å². The van der Waals surface area contributed by atoms with E-state index in [-0.39, 0.29) is 37.3 Å². The first-order chi connectivity index (χ1) is 17.3. The van der Waals surface area contributed by atoms with E-state index in [0.29, 0.717) is 44.7 Å². The van der Waals surface area contributed by atoms with Crippen LogP contribution in [0, 0.1) is 5.82 Å². The molecule has 0 saturated carbocycles. The van der Waals surface area contributed by atoms with Crippen molar-refractivity contribution < 1.29 is 38.1 Å². The summed E-state index contributed by atoms with van der Waals surface area (Å²) in [6.07, 6.45) is -0.561. The number of fused-ring (bicyclic) bond motifs is 1. The van der Waals surface area contributed by atoms with E-state index in [0.717, 1.165) is 0 Å². The molecule has 1 aromatic heterocycles. The second kappa shape index (κ2) is 10.5. The van der Waals surface area contributed by atoms with Crippen molar-refractivity contribution >= 4 is 22.9 Å². The zero-order chi connectivity index (χ0) is 25.8. The van der Waals surface area contributed by atoms with Crippen LogP contribution >= 0.6 is 0 Å². The van der Waals surface area contributed by atoms with Crippen molar-refractivity contribution in [1.82, 2.24) is 0 Å². The predicted octanol–water partition coefficient (Wildman–Crippen LogP) is 4.54. The SMILES string of the molecule is COc1ccc(CC(=O)O)c(OCc2cc(-c3cccc(CN)c3F)c3oc(CC(=O)O)cc3c2)c1. The highest BCUT2D eigenvalue weighted by molar-refractivity contribution is 5.94. The summed E-state index contributed by atoms with van der Waals surface area (Å²) in [4.78, 5) is 22.5. The molecule has 0 fully saturated rings. The second-order valence-corrected chi connectivity index (χ2v) is 8.16. The number of furan rings is 1. The van der Waals surface area contributed by atoms with Gasteiger partial charge in [0.25, 0.3) is 0 Å². The number of nitrogens with two attached hydrogens (primary N) is 1. The van der Waals surface area contributed by atoms with E-state index in [1.165, 1.54) is 7.11 Å². The summed E-state index contributed by atoms with van der Waals surface area (Å²) in [5.41, 5.74) is 8.15. The third-order valence-corrected chi connectivity index (χ3v) is 5.65. The van der Waals surface area contributed by atoms with Crippen molar-refractivity contribution in [3.05, 3.63) is 82.9 Å². The van der Waals surface area contributed by atoms with Crippen molar-refractivity contribution in [3.63, 3.8) is 0 Å². The molecule has 0 aliphatic carbocycles. The van der Waals surface area contributed by atoms with Crippen molar-refractivity contribution in [1.29, 1.82) is 0 Å². The molecule has 9 heteroatoms. The predicted molar refractivity (Wildman–Crippen MR) is 130 cm³/mol. The molecule has 8 nitrogen and oxygen atoms in total. The summed E-state index contributed by atoms with van der Waals surface area (Å²) in [6, 6.07) is 14.8. The summed E-state index contributed by atoms with van der Waals surface area (Å²) in [7, 11) is 1.49. The Morgan fingerprint density at radius 3 is 2.44 bits per heavy atom. The molecule has 0 bridgehead atoms. The van der Waals surface area contributed by atoms with E-state index in [1.807, 2.05) is 0 Å². The molecule has 0 radical (unpaired) electrons. The highest BCUT2D eigenvalue weighted by Gasteiger charge is 2.18. The summed E-state index contributed by atoms with van der Waals surface area (Å²) in [6.45, 7) is 0.0383. The van der Waals surface area contributed by atoms with Crippen LogP contribution in [0.4, 0.5) is 4.39 Å². The maximum Gasteiger partial charge on any atom is 0.311 e. The van der Waals surface area contributed by atoms with Gasteiger partial charge in [0.15, 0.2) is 0 Å². The Morgan fingerprint density at radius 1 is 0.972 bits per heavy atom. The van der Waals surface area contributed by atoms with Crippen LogP contribution in [0.1, 0.15) is 22.5 Å². The van der Waals surface area contributed by atoms with E-state index in [9.17, 15) is 19.8 Å². The molecule has 36 heavy (non-hydrogen) atoms. The number of hydrogen-bond acceptors (Lipinski definition) is 6. The zero-order valence-corrected chi connectivity index (χ0v) is 19.4. The van der Waals surface area contributed by atoms with E-state index in [2.05, 4.69) is 0 Å². The number of ether oxygens (including phenoxy) is 2. The van der Waals surface area contributed by atoms with Gasteiger partial charge in [-0.05, 0) is 29.8 Å². The van der Waals surface area contributed by atoms with Gasteiger partial charge in [0.1, 0.15) is 41.7 Å². The van der Waals surface area contributed by atoms with Crippen LogP contribution in [-0.2, 0) is 35.6 Å². The van der Waals surface area contributed by atoms with Gasteiger partial charge in [-0.25, -0.2) is 4.39 Å². The number of carboxylic acids is 2. The van der Waals surface area contributed by atoms with Gasteiger partial charge in [0, 0.05) is 40.3 Å². The highest BCUT2D eigenvalue weighted by atomic mass is 19.1. The molecule has 1 heterocycles. The summed E-state index contributed by atoms with van der Waals surface area (Å²) in [5, 5.41) is 19.0. The van der Waals surface area contributed by atoms with Crippen LogP contribution in [0.3, 0.4) is 0 Å². The average Bonchev–Trinajstić information content (AvgIpc) is 3.24. The number of halogens is 1. The molecule has 0 spiro atoms. The van der Waals surface area contributed by atoms with Crippen molar-refractivity contribution in [2.75, 3.05) is 7.11 Å². The monoisotopic (exact) mass is 493 g/mol. The third-order valence-electron chi connectivity index (χ3n) is 5.65. The first-order valence-electron chi connectivity index (χ1n) is 11.1. The van der Waals surface area contributed by atoms with E-state index >= 15 is 4.39 Å². The first-order valence-corrected chi connectivity index (χ1v) is 11.1. The molecule has 4 N–H and O–H groups in total. The minimum atomic E-state index is -1.06. The summed E-state index contributed by atoms with van der Waals surface area (Å²) < 4.78 is 32.2. The van der Waals surface area contributed by atoms with Gasteiger partial charge in [-0.15, -0.1) is 0 Å². The minimum absolute atomic E-state index is 0.0102. The number of aliphatic carboxylic acids is 2. The van der Waals surface area contributed by atoms with Gasteiger partial charge in [-0.2, -0.15) is 0 Å². The average molecular weight is 493 g/mol. The van der Waals surface area contributed by atoms with Crippen molar-refractivity contribution in [2.45, 2.75) is 26.0 Å². The minimum Gasteiger partial charge on any atom is -0.497 e. The fourth-order valence-electron chi connectivity index (χ4n) is 4.00. The van der Waals surface area contributed by atoms with Gasteiger partial charge in [-0.1, -0.05) is 24.3 Å². The molecular formula is C27H24FNO7. The Balaban J connectivity index is 1.78. The van der Waals surface area contributed by atoms with Gasteiger partial charge in [0.05, 0.1) is 13.5 Å². The molecule has 0 aliphatic heterocycles. The van der Waals surface area contributed by atoms with Crippen LogP contribution in [0.2, 0.25) is 0 Å². The van der Waals surface area contributed by atoms with Crippen molar-refractivity contribution in [2.24, 2.45) is 5.73 Å². The quantitative estimate of drug-likeness (QED) is 0.293. The molecule has 0 atom stereocenters. The van der Waals surface area contributed by atoms with Crippen molar-refractivity contribution in [3.8, 4) is 22.6 Å². The second-order valence-electron chi connectivity index (χ2n) is 8.16. The first kappa shape index (κ1) is 24.7. The zero-order valence-electron chi connectivity index (χ0n) is 19.4. The topological polar surface area (TPSA) is 132 Å². The Kier molecular flexibility index (Phi) is 7.21. The lowest BCUT2D eigenvalue weighted by atomic mass is 9.98. The molecule has 0 saturated heterocycles. The Labute approximate surface area is 205 Å². The third kappa shape index (κ3) is 5.31. The largest absolute Gasteiger partial charge is 0.497 e. The van der Waals surface area contributed by atoms with Crippen LogP contribution < -0.4 is 15.2 Å². The standard InChI is InChI=1S/C27H24FNO7/c1-34-19-6-5-16(10-24(30)31)23(11-19)35-14-15-7-18-9-20(12-25(32)33)36-27(18)22(8-15)21-4-2-3-17(13-29)26(21)28/h2-9,11H,10,12-14,29H2,1H3,(H,30,31)(H,32,33). The van der Waals surface area contributed by atoms with Crippen LogP contribution in [-0.4, -0.2) is 29.3 Å². The smallest absolute Gasteiger partial charge is 0.311 e. The Hall–Kier alpha value is -4.37.